The lowest BCUT2D eigenvalue weighted by Crippen LogP contribution is -2.16. The van der Waals surface area contributed by atoms with Crippen molar-refractivity contribution < 1.29 is 22.8 Å². The van der Waals surface area contributed by atoms with E-state index < -0.39 is 17.6 Å². The Labute approximate surface area is 188 Å². The van der Waals surface area contributed by atoms with Gasteiger partial charge in [-0.3, -0.25) is 9.59 Å². The fraction of sp³-hybridized carbons (Fsp3) is 0.136. The number of hydrogen-bond acceptors (Lipinski definition) is 5. The molecule has 0 spiro atoms. The van der Waals surface area contributed by atoms with E-state index >= 15 is 0 Å². The second-order valence-electron chi connectivity index (χ2n) is 6.77. The third kappa shape index (κ3) is 4.51. The minimum atomic E-state index is -4.53. The molecule has 0 aliphatic heterocycles. The first-order chi connectivity index (χ1) is 15.3. The van der Waals surface area contributed by atoms with Crippen LogP contribution in [0.3, 0.4) is 0 Å². The number of aromatic nitrogens is 1. The fourth-order valence-corrected chi connectivity index (χ4v) is 4.73. The number of fused-ring (bicyclic) bond motifs is 1. The maximum atomic E-state index is 13.0. The summed E-state index contributed by atoms with van der Waals surface area (Å²) in [5, 5.41) is 7.75. The summed E-state index contributed by atoms with van der Waals surface area (Å²) in [6.07, 6.45) is -4.33. The molecular formula is C22H16F3N3O2S2. The monoisotopic (exact) mass is 475 g/mol. The zero-order chi connectivity index (χ0) is 22.9. The molecule has 0 radical (unpaired) electrons. The van der Waals surface area contributed by atoms with Gasteiger partial charge >= 0.3 is 6.18 Å². The number of anilines is 2. The van der Waals surface area contributed by atoms with Crippen molar-refractivity contribution in [1.82, 2.24) is 4.98 Å². The predicted octanol–water partition coefficient (Wildman–Crippen LogP) is 6.64. The number of benzene rings is 1. The van der Waals surface area contributed by atoms with Crippen LogP contribution in [0, 0.1) is 0 Å². The minimum Gasteiger partial charge on any atom is -0.324 e. The van der Waals surface area contributed by atoms with Gasteiger partial charge < -0.3 is 10.6 Å². The maximum absolute atomic E-state index is 13.0. The summed E-state index contributed by atoms with van der Waals surface area (Å²) in [5.74, 6) is -0.920. The van der Waals surface area contributed by atoms with Crippen molar-refractivity contribution in [2.75, 3.05) is 10.6 Å². The molecule has 0 bridgehead atoms. The highest BCUT2D eigenvalue weighted by molar-refractivity contribution is 7.21. The van der Waals surface area contributed by atoms with E-state index in [4.69, 9.17) is 0 Å². The highest BCUT2D eigenvalue weighted by Gasteiger charge is 2.30. The smallest absolute Gasteiger partial charge is 0.324 e. The zero-order valence-corrected chi connectivity index (χ0v) is 18.3. The normalized spacial score (nSPS) is 11.5. The second-order valence-corrected chi connectivity index (χ2v) is 8.71. The van der Waals surface area contributed by atoms with Crippen LogP contribution in [-0.2, 0) is 11.0 Å². The van der Waals surface area contributed by atoms with Crippen LogP contribution in [-0.4, -0.2) is 16.8 Å². The molecule has 2 amide bonds. The molecule has 32 heavy (non-hydrogen) atoms. The third-order valence-corrected chi connectivity index (χ3v) is 6.56. The van der Waals surface area contributed by atoms with Crippen LogP contribution in [0.2, 0.25) is 0 Å². The lowest BCUT2D eigenvalue weighted by atomic mass is 10.2. The Bertz CT molecular complexity index is 1300. The van der Waals surface area contributed by atoms with Crippen molar-refractivity contribution in [3.63, 3.8) is 0 Å². The van der Waals surface area contributed by atoms with E-state index in [1.165, 1.54) is 23.5 Å². The van der Waals surface area contributed by atoms with Crippen LogP contribution in [0.4, 0.5) is 24.5 Å². The van der Waals surface area contributed by atoms with Gasteiger partial charge in [-0.05, 0) is 41.8 Å². The quantitative estimate of drug-likeness (QED) is 0.340. The molecule has 2 N–H and O–H groups in total. The number of carbonyl (C=O) groups excluding carboxylic acids is 2. The molecule has 4 aromatic rings. The molecule has 3 aromatic heterocycles. The number of amides is 2. The summed E-state index contributed by atoms with van der Waals surface area (Å²) in [7, 11) is 0. The number of rotatable bonds is 5. The molecule has 0 atom stereocenters. The van der Waals surface area contributed by atoms with Gasteiger partial charge in [-0.1, -0.05) is 19.1 Å². The first-order valence-corrected chi connectivity index (χ1v) is 11.2. The van der Waals surface area contributed by atoms with Crippen LogP contribution < -0.4 is 10.6 Å². The molecule has 0 unspecified atom stereocenters. The number of carbonyl (C=O) groups is 2. The molecule has 4 rings (SSSR count). The van der Waals surface area contributed by atoms with Gasteiger partial charge in [-0.2, -0.15) is 13.2 Å². The Morgan fingerprint density at radius 3 is 2.56 bits per heavy atom. The average Bonchev–Trinajstić information content (AvgIpc) is 3.41. The number of nitrogens with one attached hydrogen (secondary N) is 2. The lowest BCUT2D eigenvalue weighted by Gasteiger charge is -2.10. The van der Waals surface area contributed by atoms with Crippen molar-refractivity contribution in [2.45, 2.75) is 19.5 Å². The maximum Gasteiger partial charge on any atom is 0.416 e. The molecule has 3 heterocycles. The minimum absolute atomic E-state index is 0.00211. The van der Waals surface area contributed by atoms with Crippen LogP contribution in [0.25, 0.3) is 20.8 Å². The Morgan fingerprint density at radius 2 is 1.88 bits per heavy atom. The van der Waals surface area contributed by atoms with E-state index in [2.05, 4.69) is 15.6 Å². The summed E-state index contributed by atoms with van der Waals surface area (Å²) < 4.78 is 39.0. The van der Waals surface area contributed by atoms with Gasteiger partial charge in [0.2, 0.25) is 5.91 Å². The van der Waals surface area contributed by atoms with Gasteiger partial charge in [-0.15, -0.1) is 22.7 Å². The highest BCUT2D eigenvalue weighted by atomic mass is 32.1. The SMILES string of the molecule is CCC(=O)Nc1c(C(=O)Nc2cccc(C(F)(F)F)c2)sc2nc(-c3cccs3)ccc12. The van der Waals surface area contributed by atoms with E-state index in [9.17, 15) is 22.8 Å². The summed E-state index contributed by atoms with van der Waals surface area (Å²) in [5.41, 5.74) is 0.161. The summed E-state index contributed by atoms with van der Waals surface area (Å²) in [6, 6.07) is 11.8. The summed E-state index contributed by atoms with van der Waals surface area (Å²) in [6.45, 7) is 1.68. The molecule has 0 aliphatic carbocycles. The predicted molar refractivity (Wildman–Crippen MR) is 121 cm³/mol. The lowest BCUT2D eigenvalue weighted by molar-refractivity contribution is -0.137. The zero-order valence-electron chi connectivity index (χ0n) is 16.6. The van der Waals surface area contributed by atoms with Gasteiger partial charge in [0.15, 0.2) is 0 Å². The van der Waals surface area contributed by atoms with Crippen LogP contribution in [0.5, 0.6) is 0 Å². The van der Waals surface area contributed by atoms with Crippen molar-refractivity contribution in [1.29, 1.82) is 0 Å². The van der Waals surface area contributed by atoms with Crippen LogP contribution >= 0.6 is 22.7 Å². The number of alkyl halides is 3. The standard InChI is InChI=1S/C22H16F3N3O2S2/c1-2-17(29)28-18-14-8-9-15(16-7-4-10-31-16)27-21(14)32-19(18)20(30)26-13-6-3-5-12(11-13)22(23,24)25/h3-11H,2H2,1H3,(H,26,30)(H,28,29). The molecule has 1 aromatic carbocycles. The van der Waals surface area contributed by atoms with Crippen molar-refractivity contribution >= 4 is 56.1 Å². The first kappa shape index (κ1) is 22.0. The van der Waals surface area contributed by atoms with Gasteiger partial charge in [0, 0.05) is 17.5 Å². The van der Waals surface area contributed by atoms with E-state index in [-0.39, 0.29) is 22.9 Å². The topological polar surface area (TPSA) is 71.1 Å². The van der Waals surface area contributed by atoms with Crippen molar-refractivity contribution in [3.8, 4) is 10.6 Å². The molecule has 0 saturated carbocycles. The van der Waals surface area contributed by atoms with E-state index in [0.29, 0.717) is 15.9 Å². The number of hydrogen-bond donors (Lipinski definition) is 2. The molecule has 164 valence electrons. The van der Waals surface area contributed by atoms with Gasteiger partial charge in [0.25, 0.3) is 5.91 Å². The Morgan fingerprint density at radius 1 is 1.06 bits per heavy atom. The van der Waals surface area contributed by atoms with E-state index in [1.54, 1.807) is 19.1 Å². The van der Waals surface area contributed by atoms with Crippen LogP contribution in [0.15, 0.2) is 53.9 Å². The van der Waals surface area contributed by atoms with Gasteiger partial charge in [-0.25, -0.2) is 4.98 Å². The fourth-order valence-electron chi connectivity index (χ4n) is 3.01. The summed E-state index contributed by atoms with van der Waals surface area (Å²) >= 11 is 2.59. The van der Waals surface area contributed by atoms with Gasteiger partial charge in [0.1, 0.15) is 9.71 Å². The Kier molecular flexibility index (Phi) is 5.98. The molecule has 5 nitrogen and oxygen atoms in total. The van der Waals surface area contributed by atoms with Crippen molar-refractivity contribution in [3.05, 3.63) is 64.4 Å². The molecule has 0 fully saturated rings. The second kappa shape index (κ2) is 8.71. The number of nitrogens with zero attached hydrogens (tertiary/aromatic N) is 1. The molecular weight excluding hydrogens is 459 g/mol. The van der Waals surface area contributed by atoms with E-state index in [0.717, 1.165) is 34.0 Å². The molecule has 0 saturated heterocycles. The van der Waals surface area contributed by atoms with Crippen molar-refractivity contribution in [2.24, 2.45) is 0 Å². The molecule has 10 heteroatoms. The highest BCUT2D eigenvalue weighted by Crippen LogP contribution is 2.38. The third-order valence-electron chi connectivity index (χ3n) is 4.57. The number of halogens is 3. The van der Waals surface area contributed by atoms with Gasteiger partial charge in [0.05, 0.1) is 21.8 Å². The Hall–Kier alpha value is -3.24. The average molecular weight is 476 g/mol. The Balaban J connectivity index is 1.73. The van der Waals surface area contributed by atoms with E-state index in [1.807, 2.05) is 17.5 Å². The number of pyridine rings is 1. The summed E-state index contributed by atoms with van der Waals surface area (Å²) in [4.78, 5) is 31.3. The molecule has 0 aliphatic rings. The largest absolute Gasteiger partial charge is 0.416 e. The first-order valence-electron chi connectivity index (χ1n) is 9.52. The number of thiophene rings is 2. The van der Waals surface area contributed by atoms with Crippen LogP contribution in [0.1, 0.15) is 28.6 Å².